The molecular weight excluding hydrogens is 560 g/mol. The van der Waals surface area contributed by atoms with Gasteiger partial charge in [-0.2, -0.15) is 0 Å². The first-order chi connectivity index (χ1) is 20.8. The summed E-state index contributed by atoms with van der Waals surface area (Å²) in [5.74, 6) is 0.479. The van der Waals surface area contributed by atoms with E-state index in [4.69, 9.17) is 11.6 Å². The van der Waals surface area contributed by atoms with Crippen LogP contribution in [-0.2, 0) is 22.4 Å². The number of benzene rings is 2. The number of hydrazine groups is 1. The lowest BCUT2D eigenvalue weighted by Gasteiger charge is -2.47. The quantitative estimate of drug-likeness (QED) is 0.428. The summed E-state index contributed by atoms with van der Waals surface area (Å²) in [6, 6.07) is 15.7. The first kappa shape index (κ1) is 31.9. The molecule has 5 rings (SSSR count). The maximum absolute atomic E-state index is 14.0. The van der Waals surface area contributed by atoms with Gasteiger partial charge < -0.3 is 20.4 Å². The molecule has 0 aromatic heterocycles. The van der Waals surface area contributed by atoms with Crippen LogP contribution in [0, 0.1) is 5.92 Å². The van der Waals surface area contributed by atoms with Gasteiger partial charge in [-0.3, -0.25) is 9.59 Å². The lowest BCUT2D eigenvalue weighted by Crippen LogP contribution is -2.60. The SMILES string of the molecule is CC(C)CN(C1CCN(C(=O)[C@@H](Cc2ccc(Cl)cc2)NC(=O)C[C@H]2NCCc3ccccc32)CC1)N1CCN(C)CC1. The van der Waals surface area contributed by atoms with Crippen LogP contribution in [0.4, 0.5) is 0 Å². The Morgan fingerprint density at radius 1 is 1.00 bits per heavy atom. The molecule has 3 aliphatic rings. The standard InChI is InChI=1S/C34H49ClN6O2/c1-25(2)24-41(40-20-18-38(3)19-21-40)29-13-16-39(17-14-29)34(43)32(22-26-8-10-28(35)11-9-26)37-33(42)23-31-30-7-5-4-6-27(30)12-15-36-31/h4-11,25,29,31-32,36H,12-24H2,1-3H3,(H,37,42)/t31-,32-/m1/s1. The first-order valence-corrected chi connectivity index (χ1v) is 16.5. The molecule has 2 atom stereocenters. The third-order valence-corrected chi connectivity index (χ3v) is 9.44. The van der Waals surface area contributed by atoms with Crippen molar-refractivity contribution < 1.29 is 9.59 Å². The number of piperazine rings is 1. The predicted molar refractivity (Wildman–Crippen MR) is 173 cm³/mol. The van der Waals surface area contributed by atoms with E-state index < -0.39 is 6.04 Å². The lowest BCUT2D eigenvalue weighted by molar-refractivity contribution is -0.141. The van der Waals surface area contributed by atoms with Crippen LogP contribution < -0.4 is 10.6 Å². The first-order valence-electron chi connectivity index (χ1n) is 16.1. The topological polar surface area (TPSA) is 71.2 Å². The Balaban J connectivity index is 1.24. The third-order valence-electron chi connectivity index (χ3n) is 9.18. The van der Waals surface area contributed by atoms with Gasteiger partial charge in [0.05, 0.1) is 0 Å². The van der Waals surface area contributed by atoms with Crippen molar-refractivity contribution in [2.45, 2.75) is 64.1 Å². The number of piperidine rings is 1. The average Bonchev–Trinajstić information content (AvgIpc) is 3.01. The maximum Gasteiger partial charge on any atom is 0.245 e. The molecule has 3 heterocycles. The number of carbonyl (C=O) groups is 2. The van der Waals surface area contributed by atoms with E-state index in [9.17, 15) is 9.59 Å². The number of nitrogens with zero attached hydrogens (tertiary/aromatic N) is 4. The number of rotatable bonds is 10. The minimum absolute atomic E-state index is 0.00811. The van der Waals surface area contributed by atoms with E-state index in [0.29, 0.717) is 42.9 Å². The molecule has 3 aliphatic heterocycles. The second kappa shape index (κ2) is 15.0. The molecule has 0 spiro atoms. The molecule has 0 radical (unpaired) electrons. The van der Waals surface area contributed by atoms with Crippen molar-refractivity contribution >= 4 is 23.4 Å². The van der Waals surface area contributed by atoms with Gasteiger partial charge >= 0.3 is 0 Å². The molecule has 2 saturated heterocycles. The van der Waals surface area contributed by atoms with Gasteiger partial charge in [-0.25, -0.2) is 10.0 Å². The van der Waals surface area contributed by atoms with Crippen LogP contribution in [0.2, 0.25) is 5.02 Å². The zero-order valence-corrected chi connectivity index (χ0v) is 26.9. The summed E-state index contributed by atoms with van der Waals surface area (Å²) in [5.41, 5.74) is 3.45. The van der Waals surface area contributed by atoms with E-state index >= 15 is 0 Å². The number of likely N-dealkylation sites (tertiary alicyclic amines) is 1. The van der Waals surface area contributed by atoms with E-state index in [2.05, 4.69) is 64.6 Å². The number of hydrogen-bond acceptors (Lipinski definition) is 6. The summed E-state index contributed by atoms with van der Waals surface area (Å²) >= 11 is 6.14. The number of hydrogen-bond donors (Lipinski definition) is 2. The van der Waals surface area contributed by atoms with E-state index in [1.54, 1.807) is 0 Å². The van der Waals surface area contributed by atoms with Crippen LogP contribution >= 0.6 is 11.6 Å². The summed E-state index contributed by atoms with van der Waals surface area (Å²) in [6.45, 7) is 12.1. The highest BCUT2D eigenvalue weighted by Gasteiger charge is 2.34. The van der Waals surface area contributed by atoms with Gasteiger partial charge in [-0.15, -0.1) is 0 Å². The number of nitrogens with one attached hydrogen (secondary N) is 2. The minimum atomic E-state index is -0.617. The van der Waals surface area contributed by atoms with E-state index in [1.165, 1.54) is 11.1 Å². The summed E-state index contributed by atoms with van der Waals surface area (Å²) in [4.78, 5) is 31.8. The second-order valence-electron chi connectivity index (χ2n) is 12.9. The summed E-state index contributed by atoms with van der Waals surface area (Å²) in [7, 11) is 2.19. The molecule has 2 N–H and O–H groups in total. The van der Waals surface area contributed by atoms with Gasteiger partial charge in [0.15, 0.2) is 0 Å². The molecule has 2 aromatic carbocycles. The Morgan fingerprint density at radius 3 is 2.40 bits per heavy atom. The fourth-order valence-electron chi connectivity index (χ4n) is 6.80. The van der Waals surface area contributed by atoms with Gasteiger partial charge in [-0.1, -0.05) is 61.8 Å². The van der Waals surface area contributed by atoms with Crippen molar-refractivity contribution in [1.29, 1.82) is 0 Å². The van der Waals surface area contributed by atoms with Crippen LogP contribution in [-0.4, -0.2) is 103 Å². The Kier molecular flexibility index (Phi) is 11.1. The average molecular weight is 609 g/mol. The zero-order chi connectivity index (χ0) is 30.3. The molecule has 0 unspecified atom stereocenters. The molecule has 9 heteroatoms. The van der Waals surface area contributed by atoms with Crippen LogP contribution in [0.15, 0.2) is 48.5 Å². The predicted octanol–water partition coefficient (Wildman–Crippen LogP) is 3.76. The van der Waals surface area contributed by atoms with Crippen molar-refractivity contribution in [3.05, 3.63) is 70.2 Å². The van der Waals surface area contributed by atoms with Crippen molar-refractivity contribution in [2.24, 2.45) is 5.92 Å². The van der Waals surface area contributed by atoms with Gasteiger partial charge in [0.2, 0.25) is 11.8 Å². The van der Waals surface area contributed by atoms with Crippen molar-refractivity contribution in [3.63, 3.8) is 0 Å². The highest BCUT2D eigenvalue weighted by Crippen LogP contribution is 2.26. The Bertz CT molecular complexity index is 1210. The molecule has 2 aromatic rings. The summed E-state index contributed by atoms with van der Waals surface area (Å²) in [6.07, 6.45) is 3.59. The molecule has 0 bridgehead atoms. The molecule has 0 aliphatic carbocycles. The van der Waals surface area contributed by atoms with Gasteiger partial charge in [0.25, 0.3) is 0 Å². The summed E-state index contributed by atoms with van der Waals surface area (Å²) < 4.78 is 0. The Labute approximate surface area is 262 Å². The van der Waals surface area contributed by atoms with Crippen molar-refractivity contribution in [1.82, 2.24) is 30.5 Å². The number of likely N-dealkylation sites (N-methyl/N-ethyl adjacent to an activating group) is 1. The molecule has 234 valence electrons. The second-order valence-corrected chi connectivity index (χ2v) is 13.4. The third kappa shape index (κ3) is 8.58. The molecular formula is C34H49ClN6O2. The number of halogens is 1. The number of fused-ring (bicyclic) bond motifs is 1. The Hall–Kier alpha value is -2.49. The fraction of sp³-hybridized carbons (Fsp3) is 0.588. The molecule has 2 fully saturated rings. The highest BCUT2D eigenvalue weighted by molar-refractivity contribution is 6.30. The normalized spacial score (nSPS) is 21.2. The van der Waals surface area contributed by atoms with Crippen LogP contribution in [0.25, 0.3) is 0 Å². The zero-order valence-electron chi connectivity index (χ0n) is 26.1. The monoisotopic (exact) mass is 608 g/mol. The maximum atomic E-state index is 14.0. The number of amides is 2. The van der Waals surface area contributed by atoms with E-state index in [0.717, 1.165) is 64.1 Å². The van der Waals surface area contributed by atoms with Crippen LogP contribution in [0.1, 0.15) is 55.8 Å². The molecule has 2 amide bonds. The van der Waals surface area contributed by atoms with Gasteiger partial charge in [-0.05, 0) is 67.6 Å². The van der Waals surface area contributed by atoms with Crippen LogP contribution in [0.3, 0.4) is 0 Å². The Morgan fingerprint density at radius 2 is 1.70 bits per heavy atom. The molecule has 8 nitrogen and oxygen atoms in total. The highest BCUT2D eigenvalue weighted by atomic mass is 35.5. The smallest absolute Gasteiger partial charge is 0.245 e. The van der Waals surface area contributed by atoms with E-state index in [-0.39, 0.29) is 17.9 Å². The van der Waals surface area contributed by atoms with Gasteiger partial charge in [0.1, 0.15) is 6.04 Å². The fourth-order valence-corrected chi connectivity index (χ4v) is 6.92. The van der Waals surface area contributed by atoms with Crippen molar-refractivity contribution in [3.8, 4) is 0 Å². The summed E-state index contributed by atoms with van der Waals surface area (Å²) in [5, 5.41) is 12.5. The molecule has 43 heavy (non-hydrogen) atoms. The molecule has 0 saturated carbocycles. The lowest BCUT2D eigenvalue weighted by atomic mass is 9.92. The largest absolute Gasteiger partial charge is 0.344 e. The number of carbonyl (C=O) groups excluding carboxylic acids is 2. The minimum Gasteiger partial charge on any atom is -0.344 e. The van der Waals surface area contributed by atoms with E-state index in [1.807, 2.05) is 35.2 Å². The van der Waals surface area contributed by atoms with Crippen molar-refractivity contribution in [2.75, 3.05) is 59.4 Å². The van der Waals surface area contributed by atoms with Gasteiger partial charge in [0, 0.05) is 75.8 Å². The van der Waals surface area contributed by atoms with Crippen LogP contribution in [0.5, 0.6) is 0 Å².